The number of rotatable bonds is 4. The van der Waals surface area contributed by atoms with Crippen LogP contribution in [0.3, 0.4) is 0 Å². The highest BCUT2D eigenvalue weighted by Crippen LogP contribution is 2.61. The van der Waals surface area contributed by atoms with E-state index in [1.54, 1.807) is 11.8 Å². The van der Waals surface area contributed by atoms with Crippen molar-refractivity contribution in [3.8, 4) is 0 Å². The highest BCUT2D eigenvalue weighted by atomic mass is 35.5. The third-order valence-corrected chi connectivity index (χ3v) is 6.67. The molecule has 2 bridgehead atoms. The van der Waals surface area contributed by atoms with Gasteiger partial charge in [-0.15, -0.1) is 11.8 Å². The zero-order valence-electron chi connectivity index (χ0n) is 10.3. The Hall–Kier alpha value is 0.310. The highest BCUT2D eigenvalue weighted by Gasteiger charge is 2.53. The topological polar surface area (TPSA) is 17.1 Å². The smallest absolute Gasteiger partial charge is 0.234 e. The van der Waals surface area contributed by atoms with Crippen LogP contribution in [0.15, 0.2) is 0 Å². The third kappa shape index (κ3) is 2.15. The van der Waals surface area contributed by atoms with Gasteiger partial charge in [0, 0.05) is 0 Å². The Kier molecular flexibility index (Phi) is 3.61. The highest BCUT2D eigenvalue weighted by molar-refractivity contribution is 8.00. The third-order valence-electron chi connectivity index (χ3n) is 4.88. The summed E-state index contributed by atoms with van der Waals surface area (Å²) in [7, 11) is 0. The molecule has 0 amide bonds. The number of thioether (sulfide) groups is 1. The minimum absolute atomic E-state index is 0.0393. The summed E-state index contributed by atoms with van der Waals surface area (Å²) in [6, 6.07) is 0. The van der Waals surface area contributed by atoms with Crippen molar-refractivity contribution in [2.24, 2.45) is 23.2 Å². The fraction of sp³-hybridized carbons (Fsp3) is 0.923. The Labute approximate surface area is 108 Å². The van der Waals surface area contributed by atoms with Crippen molar-refractivity contribution in [3.05, 3.63) is 0 Å². The molecule has 0 saturated heterocycles. The maximum absolute atomic E-state index is 11.0. The van der Waals surface area contributed by atoms with E-state index in [4.69, 9.17) is 11.6 Å². The van der Waals surface area contributed by atoms with E-state index in [1.165, 1.54) is 19.3 Å². The van der Waals surface area contributed by atoms with E-state index in [-0.39, 0.29) is 10.5 Å². The molecule has 4 atom stereocenters. The van der Waals surface area contributed by atoms with Gasteiger partial charge in [0.05, 0.1) is 5.25 Å². The number of carbonyl (C=O) groups excluding carboxylic acids is 1. The van der Waals surface area contributed by atoms with Crippen molar-refractivity contribution in [1.82, 2.24) is 0 Å². The maximum Gasteiger partial charge on any atom is 0.234 e. The molecular weight excluding hydrogens is 240 g/mol. The van der Waals surface area contributed by atoms with Crippen molar-refractivity contribution in [3.63, 3.8) is 0 Å². The van der Waals surface area contributed by atoms with Gasteiger partial charge in [-0.1, -0.05) is 13.8 Å². The molecule has 3 heteroatoms. The molecule has 3 aliphatic carbocycles. The summed E-state index contributed by atoms with van der Waals surface area (Å²) in [5, 5.41) is -0.242. The van der Waals surface area contributed by atoms with E-state index in [9.17, 15) is 4.79 Å². The largest absolute Gasteiger partial charge is 0.280 e. The van der Waals surface area contributed by atoms with E-state index in [0.717, 1.165) is 23.5 Å². The van der Waals surface area contributed by atoms with Crippen LogP contribution < -0.4 is 0 Å². The Bertz CT molecular complexity index is 288. The van der Waals surface area contributed by atoms with E-state index in [0.29, 0.717) is 5.41 Å². The van der Waals surface area contributed by atoms with Crippen LogP contribution in [0.1, 0.15) is 40.0 Å². The molecule has 92 valence electrons. The van der Waals surface area contributed by atoms with E-state index in [2.05, 4.69) is 13.8 Å². The fourth-order valence-electron chi connectivity index (χ4n) is 3.50. The van der Waals surface area contributed by atoms with Gasteiger partial charge in [0.25, 0.3) is 0 Å². The lowest BCUT2D eigenvalue weighted by molar-refractivity contribution is -0.111. The first-order valence-corrected chi connectivity index (χ1v) is 7.66. The van der Waals surface area contributed by atoms with E-state index < -0.39 is 0 Å². The quantitative estimate of drug-likeness (QED) is 0.712. The number of fused-ring (bicyclic) bond motifs is 2. The Morgan fingerprint density at radius 2 is 2.19 bits per heavy atom. The predicted molar refractivity (Wildman–Crippen MR) is 70.9 cm³/mol. The Morgan fingerprint density at radius 3 is 2.69 bits per heavy atom. The summed E-state index contributed by atoms with van der Waals surface area (Å²) in [4.78, 5) is 11.0. The Morgan fingerprint density at radius 1 is 1.50 bits per heavy atom. The average molecular weight is 261 g/mol. The lowest BCUT2D eigenvalue weighted by Crippen LogP contribution is -2.53. The normalized spacial score (nSPS) is 37.6. The summed E-state index contributed by atoms with van der Waals surface area (Å²) in [6.07, 6.45) is 4.16. The molecule has 0 aromatic carbocycles. The molecule has 1 nitrogen and oxygen atoms in total. The van der Waals surface area contributed by atoms with Crippen molar-refractivity contribution < 1.29 is 4.79 Å². The minimum Gasteiger partial charge on any atom is -0.280 e. The van der Waals surface area contributed by atoms with Crippen LogP contribution >= 0.6 is 23.4 Å². The van der Waals surface area contributed by atoms with Gasteiger partial charge in [-0.2, -0.15) is 0 Å². The molecule has 0 aliphatic heterocycles. The fourth-order valence-corrected chi connectivity index (χ4v) is 4.75. The summed E-state index contributed by atoms with van der Waals surface area (Å²) in [5.74, 6) is 3.77. The first-order chi connectivity index (χ1) is 7.43. The van der Waals surface area contributed by atoms with Crippen LogP contribution in [0.2, 0.25) is 0 Å². The predicted octanol–water partition coefficient (Wildman–Crippen LogP) is 3.95. The molecule has 1 unspecified atom stereocenters. The molecule has 3 saturated carbocycles. The van der Waals surface area contributed by atoms with Gasteiger partial charge < -0.3 is 0 Å². The molecule has 16 heavy (non-hydrogen) atoms. The summed E-state index contributed by atoms with van der Waals surface area (Å²) < 4.78 is 0. The molecule has 3 fully saturated rings. The molecule has 0 aromatic heterocycles. The second-order valence-electron chi connectivity index (χ2n) is 5.98. The van der Waals surface area contributed by atoms with Crippen LogP contribution in [0.4, 0.5) is 0 Å². The lowest BCUT2D eigenvalue weighted by Gasteiger charge is -2.60. The number of hydrogen-bond acceptors (Lipinski definition) is 2. The molecular formula is C13H21ClOS. The zero-order valence-corrected chi connectivity index (χ0v) is 11.9. The standard InChI is InChI=1S/C13H21ClOS/c1-8(12(14)15)16-7-9-4-5-10-6-11(9)13(10,2)3/h8-11H,4-7H2,1-3H3/t8?,9-,10-,11-/m0/s1. The maximum atomic E-state index is 11.0. The average Bonchev–Trinajstić information content (AvgIpc) is 2.25. The van der Waals surface area contributed by atoms with Crippen LogP contribution in [-0.2, 0) is 4.79 Å². The number of carbonyl (C=O) groups is 1. The van der Waals surface area contributed by atoms with Gasteiger partial charge in [0.15, 0.2) is 0 Å². The van der Waals surface area contributed by atoms with Gasteiger partial charge in [-0.3, -0.25) is 4.79 Å². The van der Waals surface area contributed by atoms with E-state index in [1.807, 2.05) is 6.92 Å². The minimum atomic E-state index is -0.202. The summed E-state index contributed by atoms with van der Waals surface area (Å²) >= 11 is 7.23. The van der Waals surface area contributed by atoms with Gasteiger partial charge >= 0.3 is 0 Å². The lowest BCUT2D eigenvalue weighted by atomic mass is 9.46. The Balaban J connectivity index is 1.85. The van der Waals surface area contributed by atoms with Crippen LogP contribution in [0, 0.1) is 23.2 Å². The van der Waals surface area contributed by atoms with Crippen LogP contribution in [0.25, 0.3) is 0 Å². The van der Waals surface area contributed by atoms with Crippen molar-refractivity contribution in [1.29, 1.82) is 0 Å². The summed E-state index contributed by atoms with van der Waals surface area (Å²) in [6.45, 7) is 6.75. The van der Waals surface area contributed by atoms with Crippen molar-refractivity contribution in [2.75, 3.05) is 5.75 Å². The second-order valence-corrected chi connectivity index (χ2v) is 7.72. The molecule has 3 rings (SSSR count). The van der Waals surface area contributed by atoms with Gasteiger partial charge in [-0.05, 0) is 66.7 Å². The van der Waals surface area contributed by atoms with Crippen molar-refractivity contribution >= 4 is 28.6 Å². The van der Waals surface area contributed by atoms with E-state index >= 15 is 0 Å². The SMILES string of the molecule is CC(SC[C@@H]1CC[C@H]2C[C@@H]1C2(C)C)C(=O)Cl. The molecule has 0 heterocycles. The molecule has 3 aliphatic rings. The molecule has 0 radical (unpaired) electrons. The summed E-state index contributed by atoms with van der Waals surface area (Å²) in [5.41, 5.74) is 0.553. The second kappa shape index (κ2) is 4.53. The molecule has 0 aromatic rings. The van der Waals surface area contributed by atoms with Gasteiger partial charge in [0.2, 0.25) is 5.24 Å². The van der Waals surface area contributed by atoms with Gasteiger partial charge in [0.1, 0.15) is 0 Å². The van der Waals surface area contributed by atoms with Gasteiger partial charge in [-0.25, -0.2) is 0 Å². The molecule has 0 spiro atoms. The number of hydrogen-bond donors (Lipinski definition) is 0. The first kappa shape index (κ1) is 12.8. The van der Waals surface area contributed by atoms with Crippen LogP contribution in [0.5, 0.6) is 0 Å². The van der Waals surface area contributed by atoms with Crippen LogP contribution in [-0.4, -0.2) is 16.2 Å². The number of halogens is 1. The first-order valence-electron chi connectivity index (χ1n) is 6.24. The monoisotopic (exact) mass is 260 g/mol. The zero-order chi connectivity index (χ0) is 11.9. The van der Waals surface area contributed by atoms with Crippen molar-refractivity contribution in [2.45, 2.75) is 45.3 Å². The molecule has 0 N–H and O–H groups in total.